The van der Waals surface area contributed by atoms with Gasteiger partial charge in [-0.25, -0.2) is 8.78 Å². The fourth-order valence-electron chi connectivity index (χ4n) is 3.68. The minimum atomic E-state index is -4.90. The summed E-state index contributed by atoms with van der Waals surface area (Å²) in [5.74, 6) is -7.97. The standard InChI is InChI=1S/C21H18F6N2O4/c1-20(21(25,26)27)8-12(10-4-6-14(23)15(24)16(10)32-2)17(33-20)19(31)29-9-3-5-13(22)11(7-9)18(28)30/h3-7,12,17H,8H2,1-2H3,(H2,28,30)(H,29,31)/t12-,17+,20-/m1/s1. The minimum Gasteiger partial charge on any atom is -0.493 e. The molecule has 0 aliphatic carbocycles. The summed E-state index contributed by atoms with van der Waals surface area (Å²) < 4.78 is 92.6. The number of methoxy groups -OCH3 is 1. The van der Waals surface area contributed by atoms with Crippen LogP contribution in [0.3, 0.4) is 0 Å². The number of carbonyl (C=O) groups excluding carboxylic acids is 2. The van der Waals surface area contributed by atoms with Crippen molar-refractivity contribution in [2.24, 2.45) is 5.73 Å². The summed E-state index contributed by atoms with van der Waals surface area (Å²) in [5.41, 5.74) is 1.35. The average molecular weight is 476 g/mol. The van der Waals surface area contributed by atoms with E-state index < -0.39 is 70.8 Å². The number of ether oxygens (including phenoxy) is 2. The van der Waals surface area contributed by atoms with Crippen LogP contribution in [0.15, 0.2) is 30.3 Å². The lowest BCUT2D eigenvalue weighted by Gasteiger charge is -2.27. The van der Waals surface area contributed by atoms with E-state index >= 15 is 0 Å². The van der Waals surface area contributed by atoms with Gasteiger partial charge in [0.1, 0.15) is 11.9 Å². The molecule has 1 saturated heterocycles. The molecule has 2 aromatic rings. The SMILES string of the molecule is COc1c([C@H]2C[C@](C)(C(F)(F)F)O[C@@H]2C(=O)Nc2ccc(F)c(C(N)=O)c2)ccc(F)c1F. The number of alkyl halides is 3. The molecule has 1 heterocycles. The Morgan fingerprint density at radius 2 is 1.79 bits per heavy atom. The lowest BCUT2D eigenvalue weighted by Crippen LogP contribution is -2.43. The Bertz CT molecular complexity index is 1110. The van der Waals surface area contributed by atoms with E-state index in [4.69, 9.17) is 15.2 Å². The van der Waals surface area contributed by atoms with E-state index in [1.54, 1.807) is 0 Å². The number of benzene rings is 2. The molecular formula is C21H18F6N2O4. The number of primary amides is 1. The van der Waals surface area contributed by atoms with Crippen molar-refractivity contribution in [1.29, 1.82) is 0 Å². The maximum atomic E-state index is 14.2. The van der Waals surface area contributed by atoms with Crippen LogP contribution in [0, 0.1) is 17.5 Å². The molecule has 1 fully saturated rings. The van der Waals surface area contributed by atoms with Crippen molar-refractivity contribution < 1.29 is 45.4 Å². The molecule has 3 N–H and O–H groups in total. The lowest BCUT2D eigenvalue weighted by atomic mass is 9.85. The van der Waals surface area contributed by atoms with Crippen molar-refractivity contribution in [3.63, 3.8) is 0 Å². The molecule has 0 saturated carbocycles. The Morgan fingerprint density at radius 1 is 1.15 bits per heavy atom. The number of carbonyl (C=O) groups is 2. The van der Waals surface area contributed by atoms with E-state index in [-0.39, 0.29) is 11.3 Å². The summed E-state index contributed by atoms with van der Waals surface area (Å²) in [4.78, 5) is 24.2. The van der Waals surface area contributed by atoms with Crippen molar-refractivity contribution in [2.45, 2.75) is 37.1 Å². The van der Waals surface area contributed by atoms with Crippen LogP contribution in [0.25, 0.3) is 0 Å². The summed E-state index contributed by atoms with van der Waals surface area (Å²) in [7, 11) is 0.999. The lowest BCUT2D eigenvalue weighted by molar-refractivity contribution is -0.261. The van der Waals surface area contributed by atoms with E-state index in [0.29, 0.717) is 6.07 Å². The monoisotopic (exact) mass is 476 g/mol. The Kier molecular flexibility index (Phi) is 6.33. The second-order valence-electron chi connectivity index (χ2n) is 7.61. The van der Waals surface area contributed by atoms with Gasteiger partial charge in [0.15, 0.2) is 17.2 Å². The normalized spacial score (nSPS) is 22.8. The van der Waals surface area contributed by atoms with E-state index in [0.717, 1.165) is 38.3 Å². The van der Waals surface area contributed by atoms with Crippen molar-refractivity contribution in [1.82, 2.24) is 0 Å². The molecule has 0 unspecified atom stereocenters. The maximum absolute atomic E-state index is 14.2. The van der Waals surface area contributed by atoms with Gasteiger partial charge in [-0.3, -0.25) is 9.59 Å². The third-order valence-electron chi connectivity index (χ3n) is 5.40. The van der Waals surface area contributed by atoms with Crippen LogP contribution in [0.4, 0.5) is 32.0 Å². The summed E-state index contributed by atoms with van der Waals surface area (Å²) >= 11 is 0. The van der Waals surface area contributed by atoms with Gasteiger partial charge in [0, 0.05) is 17.2 Å². The first-order chi connectivity index (χ1) is 15.3. The van der Waals surface area contributed by atoms with Crippen molar-refractivity contribution >= 4 is 17.5 Å². The first-order valence-electron chi connectivity index (χ1n) is 9.45. The fraction of sp³-hybridized carbons (Fsp3) is 0.333. The van der Waals surface area contributed by atoms with Gasteiger partial charge in [0.25, 0.3) is 11.8 Å². The highest BCUT2D eigenvalue weighted by Crippen LogP contribution is 2.51. The first kappa shape index (κ1) is 24.4. The van der Waals surface area contributed by atoms with E-state index in [9.17, 15) is 35.9 Å². The maximum Gasteiger partial charge on any atom is 0.417 e. The van der Waals surface area contributed by atoms with Crippen LogP contribution in [0.1, 0.15) is 35.2 Å². The van der Waals surface area contributed by atoms with Crippen molar-refractivity contribution in [3.8, 4) is 5.75 Å². The predicted molar refractivity (Wildman–Crippen MR) is 103 cm³/mol. The Balaban J connectivity index is 2.02. The molecule has 0 bridgehead atoms. The molecule has 2 aromatic carbocycles. The number of anilines is 1. The number of nitrogens with two attached hydrogens (primary N) is 1. The molecule has 0 spiro atoms. The summed E-state index contributed by atoms with van der Waals surface area (Å²) in [5, 5.41) is 2.24. The summed E-state index contributed by atoms with van der Waals surface area (Å²) in [6, 6.07) is 4.51. The van der Waals surface area contributed by atoms with Crippen LogP contribution < -0.4 is 15.8 Å². The van der Waals surface area contributed by atoms with Gasteiger partial charge in [0.05, 0.1) is 12.7 Å². The number of halogens is 6. The summed E-state index contributed by atoms with van der Waals surface area (Å²) in [6.45, 7) is 0.725. The minimum absolute atomic E-state index is 0.143. The number of amides is 2. The molecule has 33 heavy (non-hydrogen) atoms. The molecule has 1 aliphatic rings. The second-order valence-corrected chi connectivity index (χ2v) is 7.61. The van der Waals surface area contributed by atoms with Gasteiger partial charge in [-0.05, 0) is 37.6 Å². The third kappa shape index (κ3) is 4.47. The van der Waals surface area contributed by atoms with Gasteiger partial charge in [-0.1, -0.05) is 6.07 Å². The van der Waals surface area contributed by atoms with E-state index in [1.165, 1.54) is 0 Å². The second kappa shape index (κ2) is 8.58. The topological polar surface area (TPSA) is 90.7 Å². The molecule has 0 aromatic heterocycles. The molecule has 3 rings (SSSR count). The van der Waals surface area contributed by atoms with Gasteiger partial charge >= 0.3 is 6.18 Å². The van der Waals surface area contributed by atoms with Crippen LogP contribution >= 0.6 is 0 Å². The number of hydrogen-bond donors (Lipinski definition) is 2. The Morgan fingerprint density at radius 3 is 2.36 bits per heavy atom. The first-order valence-corrected chi connectivity index (χ1v) is 9.45. The predicted octanol–water partition coefficient (Wildman–Crippen LogP) is 4.04. The van der Waals surface area contributed by atoms with Gasteiger partial charge in [-0.2, -0.15) is 17.6 Å². The van der Waals surface area contributed by atoms with Gasteiger partial charge in [-0.15, -0.1) is 0 Å². The van der Waals surface area contributed by atoms with Crippen LogP contribution in [-0.2, 0) is 9.53 Å². The molecular weight excluding hydrogens is 458 g/mol. The van der Waals surface area contributed by atoms with Crippen LogP contribution in [-0.4, -0.2) is 36.8 Å². The molecule has 6 nitrogen and oxygen atoms in total. The highest BCUT2D eigenvalue weighted by molar-refractivity contribution is 5.98. The number of nitrogens with one attached hydrogen (secondary N) is 1. The smallest absolute Gasteiger partial charge is 0.417 e. The zero-order chi connectivity index (χ0) is 24.7. The molecule has 2 amide bonds. The molecule has 1 aliphatic heterocycles. The Labute approximate surface area is 183 Å². The number of rotatable bonds is 5. The van der Waals surface area contributed by atoms with E-state index in [2.05, 4.69) is 5.32 Å². The van der Waals surface area contributed by atoms with Crippen LogP contribution in [0.5, 0.6) is 5.75 Å². The molecule has 12 heteroatoms. The highest BCUT2D eigenvalue weighted by atomic mass is 19.4. The molecule has 0 radical (unpaired) electrons. The summed E-state index contributed by atoms with van der Waals surface area (Å²) in [6.07, 6.45) is -7.52. The number of hydrogen-bond acceptors (Lipinski definition) is 4. The Hall–Kier alpha value is -3.28. The third-order valence-corrected chi connectivity index (χ3v) is 5.40. The zero-order valence-corrected chi connectivity index (χ0v) is 17.2. The van der Waals surface area contributed by atoms with Gasteiger partial charge < -0.3 is 20.5 Å². The van der Waals surface area contributed by atoms with Crippen molar-refractivity contribution in [3.05, 3.63) is 58.9 Å². The zero-order valence-electron chi connectivity index (χ0n) is 17.2. The van der Waals surface area contributed by atoms with Crippen molar-refractivity contribution in [2.75, 3.05) is 12.4 Å². The average Bonchev–Trinajstić information content (AvgIpc) is 3.10. The van der Waals surface area contributed by atoms with Crippen LogP contribution in [0.2, 0.25) is 0 Å². The van der Waals surface area contributed by atoms with E-state index in [1.807, 2.05) is 0 Å². The molecule has 178 valence electrons. The highest BCUT2D eigenvalue weighted by Gasteiger charge is 2.61. The molecule has 3 atom stereocenters. The fourth-order valence-corrected chi connectivity index (χ4v) is 3.68. The quantitative estimate of drug-likeness (QED) is 0.638. The van der Waals surface area contributed by atoms with Gasteiger partial charge in [0.2, 0.25) is 5.82 Å². The largest absolute Gasteiger partial charge is 0.493 e.